The third-order valence-corrected chi connectivity index (χ3v) is 9.26. The van der Waals surface area contributed by atoms with Crippen LogP contribution in [0.1, 0.15) is 26.7 Å². The summed E-state index contributed by atoms with van der Waals surface area (Å²) in [7, 11) is -7.25. The van der Waals surface area contributed by atoms with Crippen LogP contribution in [0.25, 0.3) is 0 Å². The van der Waals surface area contributed by atoms with Gasteiger partial charge in [-0.15, -0.1) is 0 Å². The Balaban J connectivity index is 1.74. The van der Waals surface area contributed by atoms with Crippen molar-refractivity contribution < 1.29 is 22.3 Å². The first kappa shape index (κ1) is 20.6. The second-order valence-electron chi connectivity index (χ2n) is 7.07. The van der Waals surface area contributed by atoms with Crippen molar-refractivity contribution in [2.75, 3.05) is 5.75 Å². The second-order valence-corrected chi connectivity index (χ2v) is 11.3. The Hall–Kier alpha value is -2.65. The van der Waals surface area contributed by atoms with Gasteiger partial charge >= 0.3 is 0 Å². The van der Waals surface area contributed by atoms with Gasteiger partial charge in [0.1, 0.15) is 5.25 Å². The Morgan fingerprint density at radius 2 is 1.57 bits per heavy atom. The Kier molecular flexibility index (Phi) is 5.42. The van der Waals surface area contributed by atoms with Gasteiger partial charge in [0.25, 0.3) is 5.91 Å². The summed E-state index contributed by atoms with van der Waals surface area (Å²) >= 11 is 0. The third-order valence-electron chi connectivity index (χ3n) is 5.11. The van der Waals surface area contributed by atoms with Gasteiger partial charge in [-0.05, 0) is 29.8 Å². The minimum absolute atomic E-state index is 0.0811. The van der Waals surface area contributed by atoms with Crippen molar-refractivity contribution in [2.24, 2.45) is 0 Å². The van der Waals surface area contributed by atoms with Crippen LogP contribution >= 0.6 is 10.6 Å². The van der Waals surface area contributed by atoms with E-state index < -0.39 is 31.6 Å². The highest BCUT2D eigenvalue weighted by Gasteiger charge is 2.45. The van der Waals surface area contributed by atoms with Crippen LogP contribution in [0.4, 0.5) is 0 Å². The smallest absolute Gasteiger partial charge is 0.251 e. The molecule has 1 amide bonds. The molecular weight excluding hydrogens is 422 g/mol. The van der Waals surface area contributed by atoms with Gasteiger partial charge in [0.15, 0.2) is 9.84 Å². The number of sulfone groups is 1. The van der Waals surface area contributed by atoms with E-state index in [9.17, 15) is 22.3 Å². The Morgan fingerprint density at radius 1 is 0.933 bits per heavy atom. The van der Waals surface area contributed by atoms with Crippen molar-refractivity contribution in [1.29, 1.82) is 0 Å². The highest BCUT2D eigenvalue weighted by molar-refractivity contribution is 8.25. The summed E-state index contributed by atoms with van der Waals surface area (Å²) in [5.74, 6) is -0.816. The number of hydrogen-bond acceptors (Lipinski definition) is 5. The van der Waals surface area contributed by atoms with E-state index in [0.717, 1.165) is 5.56 Å². The van der Waals surface area contributed by atoms with Crippen molar-refractivity contribution in [1.82, 2.24) is 5.32 Å². The summed E-state index contributed by atoms with van der Waals surface area (Å²) in [4.78, 5) is 13.1. The topological polar surface area (TPSA) is 104 Å². The first-order valence-electron chi connectivity index (χ1n) is 9.30. The maximum Gasteiger partial charge on any atom is 0.251 e. The summed E-state index contributed by atoms with van der Waals surface area (Å²) in [6, 6.07) is 21.8. The van der Waals surface area contributed by atoms with E-state index in [4.69, 9.17) is 0 Å². The average molecular weight is 444 g/mol. The fourth-order valence-electron chi connectivity index (χ4n) is 3.64. The molecule has 0 saturated heterocycles. The van der Waals surface area contributed by atoms with Gasteiger partial charge in [0.2, 0.25) is 0 Å². The minimum atomic E-state index is -3.93. The monoisotopic (exact) mass is 443 g/mol. The van der Waals surface area contributed by atoms with Crippen LogP contribution in [-0.2, 0) is 16.4 Å². The second kappa shape index (κ2) is 7.88. The Labute approximate surface area is 176 Å². The first-order chi connectivity index (χ1) is 14.3. The molecule has 156 valence electrons. The van der Waals surface area contributed by atoms with Crippen molar-refractivity contribution >= 4 is 26.3 Å². The van der Waals surface area contributed by atoms with E-state index in [1.807, 2.05) is 30.3 Å². The molecule has 3 aromatic rings. The van der Waals surface area contributed by atoms with Gasteiger partial charge in [0.05, 0.1) is 15.5 Å². The Morgan fingerprint density at radius 3 is 2.23 bits per heavy atom. The van der Waals surface area contributed by atoms with Crippen molar-refractivity contribution in [3.8, 4) is 0 Å². The van der Waals surface area contributed by atoms with Gasteiger partial charge < -0.3 is 5.32 Å². The minimum Gasteiger partial charge on any atom is -0.348 e. The predicted molar refractivity (Wildman–Crippen MR) is 116 cm³/mol. The third kappa shape index (κ3) is 3.75. The molecule has 3 aromatic carbocycles. The summed E-state index contributed by atoms with van der Waals surface area (Å²) < 4.78 is 47.8. The quantitative estimate of drug-likeness (QED) is 0.547. The average Bonchev–Trinajstić information content (AvgIpc) is 3.05. The van der Waals surface area contributed by atoms with E-state index in [0.29, 0.717) is 0 Å². The SMILES string of the molecule is O=C(NCc1ccccc1)c1cccc2c1C(S(=O)(=O)c1ccccc1)CS2(O)O. The van der Waals surface area contributed by atoms with Gasteiger partial charge in [-0.1, -0.05) is 54.6 Å². The number of nitrogens with one attached hydrogen (secondary N) is 1. The molecule has 6 nitrogen and oxygen atoms in total. The van der Waals surface area contributed by atoms with Crippen LogP contribution in [0.5, 0.6) is 0 Å². The fraction of sp³-hybridized carbons (Fsp3) is 0.136. The zero-order chi connectivity index (χ0) is 21.4. The van der Waals surface area contributed by atoms with Crippen LogP contribution in [0.3, 0.4) is 0 Å². The van der Waals surface area contributed by atoms with Crippen LogP contribution < -0.4 is 5.32 Å². The van der Waals surface area contributed by atoms with Gasteiger partial charge in [-0.2, -0.15) is 10.6 Å². The molecule has 0 radical (unpaired) electrons. The van der Waals surface area contributed by atoms with Crippen LogP contribution in [0, 0.1) is 0 Å². The van der Waals surface area contributed by atoms with Gasteiger partial charge in [-0.25, -0.2) is 8.42 Å². The number of carbonyl (C=O) groups is 1. The molecule has 1 atom stereocenters. The summed E-state index contributed by atoms with van der Waals surface area (Å²) in [5.41, 5.74) is 1.22. The number of rotatable bonds is 5. The Bertz CT molecular complexity index is 1180. The van der Waals surface area contributed by atoms with Crippen LogP contribution in [0.15, 0.2) is 88.7 Å². The molecule has 1 unspecified atom stereocenters. The van der Waals surface area contributed by atoms with Gasteiger partial charge in [-0.3, -0.25) is 13.9 Å². The van der Waals surface area contributed by atoms with Crippen LogP contribution in [-0.4, -0.2) is 29.2 Å². The molecule has 0 bridgehead atoms. The van der Waals surface area contributed by atoms with E-state index in [1.165, 1.54) is 24.3 Å². The first-order valence-corrected chi connectivity index (χ1v) is 12.6. The molecule has 30 heavy (non-hydrogen) atoms. The number of carbonyl (C=O) groups excluding carboxylic acids is 1. The van der Waals surface area contributed by atoms with Crippen LogP contribution in [0.2, 0.25) is 0 Å². The largest absolute Gasteiger partial charge is 0.348 e. The maximum atomic E-state index is 13.3. The highest BCUT2D eigenvalue weighted by atomic mass is 32.3. The molecule has 4 rings (SSSR count). The van der Waals surface area contributed by atoms with Crippen molar-refractivity contribution in [3.63, 3.8) is 0 Å². The van der Waals surface area contributed by atoms with E-state index in [1.54, 1.807) is 24.3 Å². The standard InChI is InChI=1S/C22H21NO5S2/c24-22(23-14-16-8-3-1-4-9-16)18-12-7-13-19-21(18)20(15-29(19,25)26)30(27,28)17-10-5-2-6-11-17/h1-13,20,25-26H,14-15H2,(H,23,24). The number of amides is 1. The fourth-order valence-corrected chi connectivity index (χ4v) is 8.10. The molecule has 0 spiro atoms. The maximum absolute atomic E-state index is 13.3. The molecular formula is C22H21NO5S2. The lowest BCUT2D eigenvalue weighted by Gasteiger charge is -2.27. The van der Waals surface area contributed by atoms with Crippen molar-refractivity contribution in [2.45, 2.75) is 21.6 Å². The molecule has 1 aliphatic heterocycles. The summed E-state index contributed by atoms with van der Waals surface area (Å²) in [6.07, 6.45) is 0. The lowest BCUT2D eigenvalue weighted by Crippen LogP contribution is -2.25. The molecule has 3 N–H and O–H groups in total. The van der Waals surface area contributed by atoms with E-state index in [2.05, 4.69) is 5.32 Å². The number of hydrogen-bond donors (Lipinski definition) is 3. The van der Waals surface area contributed by atoms with Gasteiger partial charge in [0, 0.05) is 17.7 Å². The summed E-state index contributed by atoms with van der Waals surface area (Å²) in [5, 5.41) is 1.59. The van der Waals surface area contributed by atoms with E-state index >= 15 is 0 Å². The predicted octanol–water partition coefficient (Wildman–Crippen LogP) is 4.25. The highest BCUT2D eigenvalue weighted by Crippen LogP contribution is 2.62. The van der Waals surface area contributed by atoms with E-state index in [-0.39, 0.29) is 33.2 Å². The lowest BCUT2D eigenvalue weighted by atomic mass is 10.0. The molecule has 0 aliphatic carbocycles. The molecule has 0 aromatic heterocycles. The molecule has 0 saturated carbocycles. The summed E-state index contributed by atoms with van der Waals surface area (Å²) in [6.45, 7) is 0.274. The molecule has 1 heterocycles. The number of fused-ring (bicyclic) bond motifs is 1. The zero-order valence-corrected chi connectivity index (χ0v) is 17.6. The molecule has 0 fully saturated rings. The zero-order valence-electron chi connectivity index (χ0n) is 15.9. The lowest BCUT2D eigenvalue weighted by molar-refractivity contribution is 0.0949. The normalized spacial score (nSPS) is 18.4. The van der Waals surface area contributed by atoms with Crippen molar-refractivity contribution in [3.05, 3.63) is 95.6 Å². The number of benzene rings is 3. The molecule has 8 heteroatoms. The molecule has 1 aliphatic rings.